The fourth-order valence-corrected chi connectivity index (χ4v) is 2.40. The second-order valence-electron chi connectivity index (χ2n) is 4.99. The monoisotopic (exact) mass is 258 g/mol. The van der Waals surface area contributed by atoms with Gasteiger partial charge in [0.1, 0.15) is 12.2 Å². The summed E-state index contributed by atoms with van der Waals surface area (Å²) in [7, 11) is 0. The van der Waals surface area contributed by atoms with Crippen molar-refractivity contribution in [3.8, 4) is 0 Å². The molecule has 0 aliphatic rings. The minimum Gasteiger partial charge on any atom is -0.310 e. The van der Waals surface area contributed by atoms with Crippen LogP contribution in [0.25, 0.3) is 0 Å². The zero-order valence-corrected chi connectivity index (χ0v) is 12.2. The highest BCUT2D eigenvalue weighted by Crippen LogP contribution is 2.17. The molecule has 1 heterocycles. The quantitative estimate of drug-likeness (QED) is 0.895. The molecule has 19 heavy (non-hydrogen) atoms. The Labute approximate surface area is 114 Å². The SMILES string of the molecule is CCNCc1ncnn1Cc1c(C)cc(C)cc1C. The van der Waals surface area contributed by atoms with Crippen molar-refractivity contribution in [1.29, 1.82) is 0 Å². The van der Waals surface area contributed by atoms with Gasteiger partial charge in [0.05, 0.1) is 13.1 Å². The number of hydrogen-bond acceptors (Lipinski definition) is 3. The lowest BCUT2D eigenvalue weighted by molar-refractivity contribution is 0.593. The smallest absolute Gasteiger partial charge is 0.141 e. The van der Waals surface area contributed by atoms with Crippen LogP contribution in [0.5, 0.6) is 0 Å². The largest absolute Gasteiger partial charge is 0.310 e. The first kappa shape index (κ1) is 13.7. The van der Waals surface area contributed by atoms with Crippen LogP contribution in [0.15, 0.2) is 18.5 Å². The van der Waals surface area contributed by atoms with Crippen molar-refractivity contribution in [3.63, 3.8) is 0 Å². The van der Waals surface area contributed by atoms with Gasteiger partial charge in [-0.1, -0.05) is 24.6 Å². The van der Waals surface area contributed by atoms with Crippen LogP contribution in [-0.4, -0.2) is 21.3 Å². The number of aryl methyl sites for hydroxylation is 3. The molecule has 2 rings (SSSR count). The van der Waals surface area contributed by atoms with Crippen LogP contribution in [0.2, 0.25) is 0 Å². The van der Waals surface area contributed by atoms with Gasteiger partial charge in [0.15, 0.2) is 0 Å². The van der Waals surface area contributed by atoms with E-state index in [1.54, 1.807) is 6.33 Å². The topological polar surface area (TPSA) is 42.7 Å². The van der Waals surface area contributed by atoms with Crippen molar-refractivity contribution in [1.82, 2.24) is 20.1 Å². The maximum Gasteiger partial charge on any atom is 0.141 e. The Morgan fingerprint density at radius 3 is 2.47 bits per heavy atom. The molecule has 0 spiro atoms. The van der Waals surface area contributed by atoms with Crippen LogP contribution < -0.4 is 5.32 Å². The van der Waals surface area contributed by atoms with Gasteiger partial charge in [-0.05, 0) is 44.0 Å². The molecule has 2 aromatic rings. The lowest BCUT2D eigenvalue weighted by atomic mass is 10.00. The Bertz CT molecular complexity index is 534. The fraction of sp³-hybridized carbons (Fsp3) is 0.467. The van der Waals surface area contributed by atoms with Gasteiger partial charge >= 0.3 is 0 Å². The van der Waals surface area contributed by atoms with Crippen LogP contribution in [0.3, 0.4) is 0 Å². The highest BCUT2D eigenvalue weighted by Gasteiger charge is 2.09. The molecule has 102 valence electrons. The van der Waals surface area contributed by atoms with Crippen LogP contribution in [-0.2, 0) is 13.1 Å². The molecular formula is C15H22N4. The normalized spacial score (nSPS) is 10.9. The first-order chi connectivity index (χ1) is 9.11. The predicted molar refractivity (Wildman–Crippen MR) is 77.2 cm³/mol. The van der Waals surface area contributed by atoms with E-state index in [-0.39, 0.29) is 0 Å². The summed E-state index contributed by atoms with van der Waals surface area (Å²) in [4.78, 5) is 4.32. The molecule has 0 saturated heterocycles. The van der Waals surface area contributed by atoms with Gasteiger partial charge in [0, 0.05) is 0 Å². The number of rotatable bonds is 5. The molecule has 0 amide bonds. The van der Waals surface area contributed by atoms with Crippen LogP contribution in [0, 0.1) is 20.8 Å². The summed E-state index contributed by atoms with van der Waals surface area (Å²) >= 11 is 0. The van der Waals surface area contributed by atoms with E-state index >= 15 is 0 Å². The molecular weight excluding hydrogens is 236 g/mol. The van der Waals surface area contributed by atoms with E-state index in [4.69, 9.17) is 0 Å². The average molecular weight is 258 g/mol. The van der Waals surface area contributed by atoms with Crippen LogP contribution in [0.4, 0.5) is 0 Å². The Hall–Kier alpha value is -1.68. The van der Waals surface area contributed by atoms with Crippen molar-refractivity contribution in [2.24, 2.45) is 0 Å². The highest BCUT2D eigenvalue weighted by atomic mass is 15.3. The highest BCUT2D eigenvalue weighted by molar-refractivity contribution is 5.37. The van der Waals surface area contributed by atoms with E-state index in [1.165, 1.54) is 22.3 Å². The Morgan fingerprint density at radius 1 is 1.16 bits per heavy atom. The van der Waals surface area contributed by atoms with Gasteiger partial charge in [-0.25, -0.2) is 9.67 Å². The Kier molecular flexibility index (Phi) is 4.32. The maximum absolute atomic E-state index is 4.33. The second-order valence-corrected chi connectivity index (χ2v) is 4.99. The molecule has 0 saturated carbocycles. The molecule has 0 fully saturated rings. The van der Waals surface area contributed by atoms with Gasteiger partial charge in [-0.2, -0.15) is 5.10 Å². The van der Waals surface area contributed by atoms with Gasteiger partial charge in [0.2, 0.25) is 0 Å². The van der Waals surface area contributed by atoms with E-state index in [2.05, 4.69) is 55.2 Å². The molecule has 0 unspecified atom stereocenters. The number of nitrogens with one attached hydrogen (secondary N) is 1. The Balaban J connectivity index is 2.24. The van der Waals surface area contributed by atoms with Gasteiger partial charge < -0.3 is 5.32 Å². The predicted octanol–water partition coefficient (Wildman–Crippen LogP) is 2.36. The zero-order valence-electron chi connectivity index (χ0n) is 12.2. The Morgan fingerprint density at radius 2 is 1.84 bits per heavy atom. The van der Waals surface area contributed by atoms with Crippen molar-refractivity contribution in [2.45, 2.75) is 40.8 Å². The third-order valence-electron chi connectivity index (χ3n) is 3.38. The molecule has 1 N–H and O–H groups in total. The molecule has 0 radical (unpaired) electrons. The first-order valence-electron chi connectivity index (χ1n) is 6.76. The zero-order chi connectivity index (χ0) is 13.8. The molecule has 1 aromatic heterocycles. The van der Waals surface area contributed by atoms with Crippen molar-refractivity contribution >= 4 is 0 Å². The number of aromatic nitrogens is 3. The standard InChI is InChI=1S/C15H22N4/c1-5-16-8-15-17-10-18-19(15)9-14-12(3)6-11(2)7-13(14)4/h6-7,10,16H,5,8-9H2,1-4H3. The van der Waals surface area contributed by atoms with E-state index in [9.17, 15) is 0 Å². The number of nitrogens with zero attached hydrogens (tertiary/aromatic N) is 3. The van der Waals surface area contributed by atoms with Gasteiger partial charge in [-0.3, -0.25) is 0 Å². The third kappa shape index (κ3) is 3.20. The average Bonchev–Trinajstić information content (AvgIpc) is 2.78. The van der Waals surface area contributed by atoms with Crippen molar-refractivity contribution in [3.05, 3.63) is 46.5 Å². The van der Waals surface area contributed by atoms with E-state index in [1.807, 2.05) is 4.68 Å². The minimum absolute atomic E-state index is 0.764. The van der Waals surface area contributed by atoms with Crippen LogP contribution >= 0.6 is 0 Å². The summed E-state index contributed by atoms with van der Waals surface area (Å²) in [6.45, 7) is 11.0. The summed E-state index contributed by atoms with van der Waals surface area (Å²) in [6, 6.07) is 4.45. The number of hydrogen-bond donors (Lipinski definition) is 1. The summed E-state index contributed by atoms with van der Waals surface area (Å²) in [5.41, 5.74) is 5.30. The minimum atomic E-state index is 0.764. The summed E-state index contributed by atoms with van der Waals surface area (Å²) in [5, 5.41) is 7.63. The van der Waals surface area contributed by atoms with Gasteiger partial charge in [0.25, 0.3) is 0 Å². The molecule has 1 aromatic carbocycles. The summed E-state index contributed by atoms with van der Waals surface area (Å²) in [5.74, 6) is 0.987. The maximum atomic E-state index is 4.33. The number of benzene rings is 1. The fourth-order valence-electron chi connectivity index (χ4n) is 2.40. The van der Waals surface area contributed by atoms with Crippen molar-refractivity contribution in [2.75, 3.05) is 6.54 Å². The van der Waals surface area contributed by atoms with Crippen LogP contribution in [0.1, 0.15) is 35.0 Å². The van der Waals surface area contributed by atoms with E-state index in [0.717, 1.165) is 25.5 Å². The summed E-state index contributed by atoms with van der Waals surface area (Å²) in [6.07, 6.45) is 1.63. The summed E-state index contributed by atoms with van der Waals surface area (Å²) < 4.78 is 1.98. The molecule has 0 aliphatic heterocycles. The lowest BCUT2D eigenvalue weighted by Gasteiger charge is -2.13. The van der Waals surface area contributed by atoms with Crippen molar-refractivity contribution < 1.29 is 0 Å². The second kappa shape index (κ2) is 5.97. The molecule has 0 aliphatic carbocycles. The molecule has 0 bridgehead atoms. The molecule has 0 atom stereocenters. The lowest BCUT2D eigenvalue weighted by Crippen LogP contribution is -2.18. The van der Waals surface area contributed by atoms with E-state index in [0.29, 0.717) is 0 Å². The third-order valence-corrected chi connectivity index (χ3v) is 3.38. The molecule has 4 nitrogen and oxygen atoms in total. The van der Waals surface area contributed by atoms with E-state index < -0.39 is 0 Å². The van der Waals surface area contributed by atoms with Gasteiger partial charge in [-0.15, -0.1) is 0 Å². The first-order valence-corrected chi connectivity index (χ1v) is 6.76. The molecule has 4 heteroatoms.